The summed E-state index contributed by atoms with van der Waals surface area (Å²) in [5.74, 6) is 2.32. The van der Waals surface area contributed by atoms with E-state index < -0.39 is 0 Å². The van der Waals surface area contributed by atoms with Crippen LogP contribution in [0.3, 0.4) is 0 Å². The number of furan rings is 1. The summed E-state index contributed by atoms with van der Waals surface area (Å²) in [5.41, 5.74) is 3.24. The summed E-state index contributed by atoms with van der Waals surface area (Å²) in [6.45, 7) is 9.04. The van der Waals surface area contributed by atoms with Crippen molar-refractivity contribution in [3.05, 3.63) is 29.2 Å². The largest absolute Gasteiger partial charge is 0.461 e. The summed E-state index contributed by atoms with van der Waals surface area (Å²) in [6.07, 6.45) is 2.59. The molecule has 2 aromatic rings. The molecule has 0 atom stereocenters. The minimum absolute atomic E-state index is 0.656. The third-order valence-corrected chi connectivity index (χ3v) is 2.98. The first kappa shape index (κ1) is 12.6. The van der Waals surface area contributed by atoms with Crippen LogP contribution in [-0.4, -0.2) is 16.5 Å². The van der Waals surface area contributed by atoms with Crippen LogP contribution in [0.2, 0.25) is 0 Å². The maximum absolute atomic E-state index is 5.46. The third-order valence-electron chi connectivity index (χ3n) is 2.98. The molecule has 2 aromatic heterocycles. The summed E-state index contributed by atoms with van der Waals surface area (Å²) in [5, 5.41) is 3.30. The maximum Gasteiger partial charge on any atom is 0.198 e. The standard InChI is InChI=1S/C14H19N3O/c1-5-11-10(4)16-14(17-13(11)15-6-2)12-9(3)7-8-18-12/h7-8H,5-6H2,1-4H3,(H,15,16,17). The van der Waals surface area contributed by atoms with E-state index >= 15 is 0 Å². The van der Waals surface area contributed by atoms with Crippen molar-refractivity contribution in [1.29, 1.82) is 0 Å². The molecule has 18 heavy (non-hydrogen) atoms. The summed E-state index contributed by atoms with van der Waals surface area (Å²) in [4.78, 5) is 9.13. The van der Waals surface area contributed by atoms with E-state index in [1.807, 2.05) is 19.9 Å². The van der Waals surface area contributed by atoms with E-state index in [0.717, 1.165) is 35.8 Å². The van der Waals surface area contributed by atoms with Gasteiger partial charge in [0, 0.05) is 17.8 Å². The average Bonchev–Trinajstić information content (AvgIpc) is 2.75. The van der Waals surface area contributed by atoms with Crippen LogP contribution in [0.25, 0.3) is 11.6 Å². The SMILES string of the molecule is CCNc1nc(-c2occc2C)nc(C)c1CC. The zero-order chi connectivity index (χ0) is 13.1. The predicted octanol–water partition coefficient (Wildman–Crippen LogP) is 3.35. The molecule has 0 aliphatic rings. The van der Waals surface area contributed by atoms with Gasteiger partial charge in [-0.1, -0.05) is 6.92 Å². The summed E-state index contributed by atoms with van der Waals surface area (Å²) in [6, 6.07) is 1.93. The van der Waals surface area contributed by atoms with Crippen LogP contribution in [0.15, 0.2) is 16.7 Å². The van der Waals surface area contributed by atoms with Gasteiger partial charge >= 0.3 is 0 Å². The van der Waals surface area contributed by atoms with Crippen LogP contribution in [0.1, 0.15) is 30.7 Å². The monoisotopic (exact) mass is 245 g/mol. The number of anilines is 1. The molecule has 0 unspecified atom stereocenters. The van der Waals surface area contributed by atoms with Crippen LogP contribution in [0.5, 0.6) is 0 Å². The molecule has 0 saturated carbocycles. The third kappa shape index (κ3) is 2.23. The summed E-state index contributed by atoms with van der Waals surface area (Å²) < 4.78 is 5.46. The molecular weight excluding hydrogens is 226 g/mol. The van der Waals surface area contributed by atoms with E-state index in [4.69, 9.17) is 4.42 Å². The zero-order valence-corrected chi connectivity index (χ0v) is 11.4. The number of nitrogens with one attached hydrogen (secondary N) is 1. The molecule has 1 N–H and O–H groups in total. The van der Waals surface area contributed by atoms with Crippen LogP contribution >= 0.6 is 0 Å². The molecule has 0 aliphatic carbocycles. The van der Waals surface area contributed by atoms with Gasteiger partial charge in [0.2, 0.25) is 0 Å². The molecule has 0 saturated heterocycles. The lowest BCUT2D eigenvalue weighted by Crippen LogP contribution is -2.08. The highest BCUT2D eigenvalue weighted by Crippen LogP contribution is 2.25. The summed E-state index contributed by atoms with van der Waals surface area (Å²) >= 11 is 0. The number of rotatable bonds is 4. The van der Waals surface area contributed by atoms with Crippen molar-refractivity contribution >= 4 is 5.82 Å². The van der Waals surface area contributed by atoms with E-state index in [0.29, 0.717) is 5.82 Å². The highest BCUT2D eigenvalue weighted by Gasteiger charge is 2.14. The van der Waals surface area contributed by atoms with Crippen molar-refractivity contribution in [2.24, 2.45) is 0 Å². The minimum Gasteiger partial charge on any atom is -0.461 e. The van der Waals surface area contributed by atoms with E-state index in [9.17, 15) is 0 Å². The second-order valence-corrected chi connectivity index (χ2v) is 4.28. The molecule has 0 spiro atoms. The predicted molar refractivity (Wildman–Crippen MR) is 72.7 cm³/mol. The molecule has 0 aliphatic heterocycles. The quantitative estimate of drug-likeness (QED) is 0.897. The second-order valence-electron chi connectivity index (χ2n) is 4.28. The van der Waals surface area contributed by atoms with Crippen molar-refractivity contribution in [3.8, 4) is 11.6 Å². The van der Waals surface area contributed by atoms with Gasteiger partial charge in [0.15, 0.2) is 11.6 Å². The molecule has 0 bridgehead atoms. The van der Waals surface area contributed by atoms with Crippen LogP contribution in [-0.2, 0) is 6.42 Å². The molecule has 2 rings (SSSR count). The highest BCUT2D eigenvalue weighted by atomic mass is 16.3. The van der Waals surface area contributed by atoms with Gasteiger partial charge in [0.1, 0.15) is 5.82 Å². The number of hydrogen-bond donors (Lipinski definition) is 1. The van der Waals surface area contributed by atoms with Gasteiger partial charge < -0.3 is 9.73 Å². The Balaban J connectivity index is 2.54. The van der Waals surface area contributed by atoms with Gasteiger partial charge in [-0.25, -0.2) is 9.97 Å². The first-order valence-electron chi connectivity index (χ1n) is 6.33. The Hall–Kier alpha value is -1.84. The summed E-state index contributed by atoms with van der Waals surface area (Å²) in [7, 11) is 0. The Kier molecular flexibility index (Phi) is 3.65. The van der Waals surface area contributed by atoms with Gasteiger partial charge in [-0.05, 0) is 38.8 Å². The molecule has 0 radical (unpaired) electrons. The number of nitrogens with zero attached hydrogens (tertiary/aromatic N) is 2. The van der Waals surface area contributed by atoms with E-state index in [1.54, 1.807) is 6.26 Å². The van der Waals surface area contributed by atoms with Crippen molar-refractivity contribution in [1.82, 2.24) is 9.97 Å². The Morgan fingerprint density at radius 1 is 1.22 bits per heavy atom. The maximum atomic E-state index is 5.46. The Morgan fingerprint density at radius 2 is 2.00 bits per heavy atom. The molecular formula is C14H19N3O. The van der Waals surface area contributed by atoms with Crippen LogP contribution < -0.4 is 5.32 Å². The molecule has 96 valence electrons. The fourth-order valence-electron chi connectivity index (χ4n) is 2.04. The van der Waals surface area contributed by atoms with E-state index in [-0.39, 0.29) is 0 Å². The lowest BCUT2D eigenvalue weighted by atomic mass is 10.1. The van der Waals surface area contributed by atoms with Crippen LogP contribution in [0, 0.1) is 13.8 Å². The zero-order valence-electron chi connectivity index (χ0n) is 11.4. The van der Waals surface area contributed by atoms with Crippen LogP contribution in [0.4, 0.5) is 5.82 Å². The average molecular weight is 245 g/mol. The number of aryl methyl sites for hydroxylation is 2. The van der Waals surface area contributed by atoms with E-state index in [1.165, 1.54) is 5.56 Å². The molecule has 4 heteroatoms. The fourth-order valence-corrected chi connectivity index (χ4v) is 2.04. The van der Waals surface area contributed by atoms with Gasteiger partial charge in [-0.15, -0.1) is 0 Å². The normalized spacial score (nSPS) is 10.7. The van der Waals surface area contributed by atoms with Gasteiger partial charge in [-0.3, -0.25) is 0 Å². The second kappa shape index (κ2) is 5.21. The minimum atomic E-state index is 0.656. The first-order valence-corrected chi connectivity index (χ1v) is 6.33. The smallest absolute Gasteiger partial charge is 0.198 e. The topological polar surface area (TPSA) is 51.0 Å². The van der Waals surface area contributed by atoms with E-state index in [2.05, 4.69) is 29.1 Å². The Morgan fingerprint density at radius 3 is 2.56 bits per heavy atom. The van der Waals surface area contributed by atoms with Gasteiger partial charge in [-0.2, -0.15) is 0 Å². The lowest BCUT2D eigenvalue weighted by molar-refractivity contribution is 0.575. The molecule has 2 heterocycles. The Labute approximate surface area is 107 Å². The molecule has 0 aromatic carbocycles. The number of hydrogen-bond acceptors (Lipinski definition) is 4. The lowest BCUT2D eigenvalue weighted by Gasteiger charge is -2.12. The van der Waals surface area contributed by atoms with Gasteiger partial charge in [0.25, 0.3) is 0 Å². The van der Waals surface area contributed by atoms with Crippen molar-refractivity contribution in [2.75, 3.05) is 11.9 Å². The molecule has 0 fully saturated rings. The molecule has 0 amide bonds. The Bertz CT molecular complexity index is 546. The highest BCUT2D eigenvalue weighted by molar-refractivity contribution is 5.58. The molecule has 4 nitrogen and oxygen atoms in total. The van der Waals surface area contributed by atoms with Gasteiger partial charge in [0.05, 0.1) is 6.26 Å². The number of aromatic nitrogens is 2. The van der Waals surface area contributed by atoms with Crippen molar-refractivity contribution in [2.45, 2.75) is 34.1 Å². The first-order chi connectivity index (χ1) is 8.67. The van der Waals surface area contributed by atoms with Crippen molar-refractivity contribution in [3.63, 3.8) is 0 Å². The fraction of sp³-hybridized carbons (Fsp3) is 0.429. The van der Waals surface area contributed by atoms with Crippen molar-refractivity contribution < 1.29 is 4.42 Å².